The zero-order valence-corrected chi connectivity index (χ0v) is 38.5. The molecular weight excluding hydrogens is 765 g/mol. The summed E-state index contributed by atoms with van der Waals surface area (Å²) in [7, 11) is 1.35. The quantitative estimate of drug-likeness (QED) is 0.0155. The van der Waals surface area contributed by atoms with E-state index in [1.54, 1.807) is 12.2 Å². The van der Waals surface area contributed by atoms with Crippen LogP contribution in [0.4, 0.5) is 0 Å². The highest BCUT2D eigenvalue weighted by Gasteiger charge is 2.27. The maximum absolute atomic E-state index is 12.7. The Labute approximate surface area is 359 Å². The van der Waals surface area contributed by atoms with E-state index in [0.29, 0.717) is 30.3 Å². The van der Waals surface area contributed by atoms with Crippen LogP contribution in [0.15, 0.2) is 85.1 Å². The molecule has 0 heterocycles. The number of phosphoric acid groups is 1. The van der Waals surface area contributed by atoms with Gasteiger partial charge in [-0.25, -0.2) is 4.57 Å². The molecule has 0 aromatic heterocycles. The smallest absolute Gasteiger partial charge is 0.462 e. The van der Waals surface area contributed by atoms with Crippen LogP contribution in [0.3, 0.4) is 0 Å². The fraction of sp³-hybridized carbons (Fsp3) is 0.667. The number of quaternary nitrogens is 1. The number of aliphatic hydroxyl groups is 1. The molecule has 0 aromatic carbocycles. The molecule has 2 N–H and O–H groups in total. The number of allylic oxidation sites excluding steroid dienone is 13. The first kappa shape index (κ1) is 56.1. The number of carbonyl (C=O) groups excluding carboxylic acids is 2. The molecule has 0 bridgehead atoms. The molecule has 338 valence electrons. The number of hydrogen-bond donors (Lipinski definition) is 2. The van der Waals surface area contributed by atoms with E-state index in [-0.39, 0.29) is 26.1 Å². The third-order valence-corrected chi connectivity index (χ3v) is 10.00. The lowest BCUT2D eigenvalue weighted by atomic mass is 10.1. The van der Waals surface area contributed by atoms with Gasteiger partial charge in [-0.05, 0) is 77.0 Å². The van der Waals surface area contributed by atoms with Gasteiger partial charge in [0.05, 0.1) is 33.9 Å². The van der Waals surface area contributed by atoms with E-state index in [1.165, 1.54) is 44.9 Å². The van der Waals surface area contributed by atoms with Crippen molar-refractivity contribution in [2.45, 2.75) is 161 Å². The van der Waals surface area contributed by atoms with E-state index in [9.17, 15) is 24.2 Å². The second kappa shape index (κ2) is 39.3. The number of ether oxygens (including phenoxy) is 2. The van der Waals surface area contributed by atoms with E-state index < -0.39 is 38.6 Å². The van der Waals surface area contributed by atoms with Gasteiger partial charge in [-0.15, -0.1) is 0 Å². The first-order valence-electron chi connectivity index (χ1n) is 22.4. The van der Waals surface area contributed by atoms with Crippen molar-refractivity contribution in [2.75, 3.05) is 47.5 Å². The van der Waals surface area contributed by atoms with Crippen LogP contribution in [-0.2, 0) is 32.7 Å². The number of carbonyl (C=O) groups is 2. The van der Waals surface area contributed by atoms with Crippen LogP contribution in [0.1, 0.15) is 149 Å². The molecular formula is C48H83NO9P+. The van der Waals surface area contributed by atoms with Crippen molar-refractivity contribution < 1.29 is 47.2 Å². The van der Waals surface area contributed by atoms with Crippen molar-refractivity contribution in [3.63, 3.8) is 0 Å². The summed E-state index contributed by atoms with van der Waals surface area (Å²) in [6, 6.07) is 0. The third-order valence-electron chi connectivity index (χ3n) is 9.01. The van der Waals surface area contributed by atoms with Crippen molar-refractivity contribution in [3.8, 4) is 0 Å². The molecule has 2 unspecified atom stereocenters. The summed E-state index contributed by atoms with van der Waals surface area (Å²) in [5, 5.41) is 10.3. The number of hydrogen-bond acceptors (Lipinski definition) is 8. The van der Waals surface area contributed by atoms with Gasteiger partial charge in [-0.2, -0.15) is 0 Å². The van der Waals surface area contributed by atoms with Crippen LogP contribution in [0, 0.1) is 0 Å². The average molecular weight is 849 g/mol. The molecule has 0 radical (unpaired) electrons. The van der Waals surface area contributed by atoms with Crippen LogP contribution in [0.2, 0.25) is 0 Å². The van der Waals surface area contributed by atoms with Crippen LogP contribution in [0.25, 0.3) is 0 Å². The molecule has 0 rings (SSSR count). The Balaban J connectivity index is 4.57. The van der Waals surface area contributed by atoms with Crippen molar-refractivity contribution >= 4 is 19.8 Å². The fourth-order valence-electron chi connectivity index (χ4n) is 5.48. The molecule has 10 nitrogen and oxygen atoms in total. The molecule has 0 saturated heterocycles. The monoisotopic (exact) mass is 849 g/mol. The minimum absolute atomic E-state index is 0.00459. The molecule has 0 aliphatic heterocycles. The van der Waals surface area contributed by atoms with Gasteiger partial charge >= 0.3 is 19.8 Å². The average Bonchev–Trinajstić information content (AvgIpc) is 3.18. The molecule has 0 aromatic rings. The third kappa shape index (κ3) is 43.1. The molecule has 0 fully saturated rings. The maximum atomic E-state index is 12.7. The van der Waals surface area contributed by atoms with Gasteiger partial charge in [-0.1, -0.05) is 144 Å². The number of aliphatic hydroxyl groups excluding tert-OH is 1. The summed E-state index contributed by atoms with van der Waals surface area (Å²) in [6.45, 7) is 4.03. The Hall–Kier alpha value is -2.85. The standard InChI is InChI=1S/C48H82NO9P/c1-6-8-10-12-14-16-18-20-21-22-23-25-27-29-31-33-35-39-48(52)58-46(44-57-59(53,54)56-42-41-49(3,4)5)43-55-47(51)40-36-38-45(50)37-34-32-30-28-26-24-19-17-15-13-11-9-7-2/h9,11,14-17,20-21,24,26,30,32,34,37,45-46,50H,6-8,10,12-13,18-19,22-23,25,27-29,31,33,35-36,38-44H2,1-5H3/p+1/b11-9-,16-14-,17-15-,21-20-,26-24-,32-30-,37-34+/t45?,46-/m1/s1. The minimum Gasteiger partial charge on any atom is -0.462 e. The first-order chi connectivity index (χ1) is 28.4. The summed E-state index contributed by atoms with van der Waals surface area (Å²) >= 11 is 0. The van der Waals surface area contributed by atoms with Crippen LogP contribution in [-0.4, -0.2) is 86.1 Å². The SMILES string of the molecule is CC/C=C\C/C=C\C/C=C\C/C=C\C=C\C(O)CCCC(=O)OC[C@H](COP(=O)(O)OCC[N+](C)(C)C)OC(=O)CCCCCCCCC/C=C\C/C=C\CCCCC. The largest absolute Gasteiger partial charge is 0.472 e. The van der Waals surface area contributed by atoms with Gasteiger partial charge in [0.15, 0.2) is 6.10 Å². The van der Waals surface area contributed by atoms with Crippen molar-refractivity contribution in [1.29, 1.82) is 0 Å². The van der Waals surface area contributed by atoms with Crippen molar-refractivity contribution in [3.05, 3.63) is 85.1 Å². The van der Waals surface area contributed by atoms with E-state index >= 15 is 0 Å². The van der Waals surface area contributed by atoms with Crippen LogP contribution < -0.4 is 0 Å². The minimum atomic E-state index is -4.43. The summed E-state index contributed by atoms with van der Waals surface area (Å²) < 4.78 is 34.1. The summed E-state index contributed by atoms with van der Waals surface area (Å²) in [4.78, 5) is 35.4. The first-order valence-corrected chi connectivity index (χ1v) is 23.9. The van der Waals surface area contributed by atoms with E-state index in [0.717, 1.165) is 57.8 Å². The van der Waals surface area contributed by atoms with E-state index in [4.69, 9.17) is 18.5 Å². The maximum Gasteiger partial charge on any atom is 0.472 e. The summed E-state index contributed by atoms with van der Waals surface area (Å²) in [6.07, 6.45) is 46.6. The Morgan fingerprint density at radius 2 is 1.17 bits per heavy atom. The molecule has 0 spiro atoms. The predicted molar refractivity (Wildman–Crippen MR) is 244 cm³/mol. The lowest BCUT2D eigenvalue weighted by molar-refractivity contribution is -0.870. The van der Waals surface area contributed by atoms with Gasteiger partial charge in [0.1, 0.15) is 19.8 Å². The number of phosphoric ester groups is 1. The Bertz CT molecular complexity index is 1300. The molecule has 3 atom stereocenters. The Morgan fingerprint density at radius 1 is 0.627 bits per heavy atom. The summed E-state index contributed by atoms with van der Waals surface area (Å²) in [5.74, 6) is -1.02. The highest BCUT2D eigenvalue weighted by Crippen LogP contribution is 2.43. The molecule has 0 amide bonds. The zero-order chi connectivity index (χ0) is 43.7. The molecule has 0 saturated carbocycles. The van der Waals surface area contributed by atoms with Crippen molar-refractivity contribution in [1.82, 2.24) is 0 Å². The number of esters is 2. The van der Waals surface area contributed by atoms with Gasteiger partial charge in [0, 0.05) is 12.8 Å². The Morgan fingerprint density at radius 3 is 1.78 bits per heavy atom. The second-order valence-electron chi connectivity index (χ2n) is 15.9. The van der Waals surface area contributed by atoms with Crippen molar-refractivity contribution in [2.24, 2.45) is 0 Å². The van der Waals surface area contributed by atoms with Crippen LogP contribution in [0.5, 0.6) is 0 Å². The van der Waals surface area contributed by atoms with Gasteiger partial charge < -0.3 is 24.0 Å². The number of likely N-dealkylation sites (N-methyl/N-ethyl adjacent to an activating group) is 1. The molecule has 59 heavy (non-hydrogen) atoms. The number of rotatable bonds is 39. The molecule has 11 heteroatoms. The van der Waals surface area contributed by atoms with E-state index in [2.05, 4.69) is 74.6 Å². The lowest BCUT2D eigenvalue weighted by Gasteiger charge is -2.24. The highest BCUT2D eigenvalue weighted by atomic mass is 31.2. The van der Waals surface area contributed by atoms with Gasteiger partial charge in [-0.3, -0.25) is 18.6 Å². The van der Waals surface area contributed by atoms with Crippen LogP contribution >= 0.6 is 7.82 Å². The number of unbranched alkanes of at least 4 members (excludes halogenated alkanes) is 10. The normalized spacial score (nSPS) is 14.9. The highest BCUT2D eigenvalue weighted by molar-refractivity contribution is 7.47. The molecule has 0 aliphatic rings. The van der Waals surface area contributed by atoms with Gasteiger partial charge in [0.2, 0.25) is 0 Å². The van der Waals surface area contributed by atoms with E-state index in [1.807, 2.05) is 33.3 Å². The Kier molecular flexibility index (Phi) is 37.4. The summed E-state index contributed by atoms with van der Waals surface area (Å²) in [5.41, 5.74) is 0. The lowest BCUT2D eigenvalue weighted by Crippen LogP contribution is -2.37. The molecule has 0 aliphatic carbocycles. The predicted octanol–water partition coefficient (Wildman–Crippen LogP) is 11.8. The van der Waals surface area contributed by atoms with Gasteiger partial charge in [0.25, 0.3) is 0 Å². The number of nitrogens with zero attached hydrogens (tertiary/aromatic N) is 1. The zero-order valence-electron chi connectivity index (χ0n) is 37.6. The second-order valence-corrected chi connectivity index (χ2v) is 17.3. The fourth-order valence-corrected chi connectivity index (χ4v) is 6.22. The topological polar surface area (TPSA) is 129 Å².